The molecule has 0 spiro atoms. The molecule has 6 heteroatoms. The van der Waals surface area contributed by atoms with Gasteiger partial charge in [-0.3, -0.25) is 0 Å². The van der Waals surface area contributed by atoms with Gasteiger partial charge in [-0.05, 0) is 91.0 Å². The molecule has 0 aliphatic rings. The Labute approximate surface area is 157 Å². The Morgan fingerprint density at radius 1 is 1.00 bits per heavy atom. The average Bonchev–Trinajstić information content (AvgIpc) is 2.48. The lowest BCUT2D eigenvalue weighted by molar-refractivity contribution is 0.325. The fourth-order valence-corrected chi connectivity index (χ4v) is 2.82. The van der Waals surface area contributed by atoms with Crippen molar-refractivity contribution >= 4 is 34.6 Å². The van der Waals surface area contributed by atoms with Crippen LogP contribution in [0.15, 0.2) is 18.2 Å². The van der Waals surface area contributed by atoms with Crippen LogP contribution in [0.25, 0.3) is 0 Å². The molecule has 1 aromatic rings. The first-order chi connectivity index (χ1) is 11.3. The monoisotopic (exact) mass is 370 g/mol. The predicted octanol–water partition coefficient (Wildman–Crippen LogP) is 3.55. The maximum atomic E-state index is 6.21. The molecular weight excluding hydrogens is 340 g/mol. The molecule has 1 N–H and O–H groups in total. The quantitative estimate of drug-likeness (QED) is 0.669. The second kappa shape index (κ2) is 10.9. The molecule has 4 nitrogen and oxygen atoms in total. The van der Waals surface area contributed by atoms with Gasteiger partial charge in [0.1, 0.15) is 0 Å². The fraction of sp³-hybridized carbons (Fsp3) is 0.611. The van der Waals surface area contributed by atoms with E-state index in [-0.39, 0.29) is 0 Å². The number of aryl methyl sites for hydroxylation is 1. The standard InChI is InChI=1S/C18H31ClN4S/c1-15-8-9-16(14-17(15)19)20-18(24)23(12-6-10-21(2)3)13-7-11-22(4)5/h8-9,14H,6-7,10-13H2,1-5H3,(H,20,24). The summed E-state index contributed by atoms with van der Waals surface area (Å²) < 4.78 is 0. The van der Waals surface area contributed by atoms with Crippen LogP contribution in [0.4, 0.5) is 5.69 Å². The van der Waals surface area contributed by atoms with Crippen molar-refractivity contribution in [3.8, 4) is 0 Å². The largest absolute Gasteiger partial charge is 0.349 e. The predicted molar refractivity (Wildman–Crippen MR) is 110 cm³/mol. The molecule has 0 fully saturated rings. The number of halogens is 1. The molecule has 0 bridgehead atoms. The molecule has 0 saturated carbocycles. The van der Waals surface area contributed by atoms with Gasteiger partial charge in [-0.15, -0.1) is 0 Å². The van der Waals surface area contributed by atoms with Crippen molar-refractivity contribution in [1.29, 1.82) is 0 Å². The van der Waals surface area contributed by atoms with Crippen molar-refractivity contribution < 1.29 is 0 Å². The number of benzene rings is 1. The highest BCUT2D eigenvalue weighted by Crippen LogP contribution is 2.20. The van der Waals surface area contributed by atoms with Gasteiger partial charge in [-0.2, -0.15) is 0 Å². The highest BCUT2D eigenvalue weighted by Gasteiger charge is 2.10. The molecule has 24 heavy (non-hydrogen) atoms. The number of nitrogens with zero attached hydrogens (tertiary/aromatic N) is 3. The minimum absolute atomic E-state index is 0.759. The van der Waals surface area contributed by atoms with Crippen LogP contribution in [0.2, 0.25) is 5.02 Å². The SMILES string of the molecule is Cc1ccc(NC(=S)N(CCCN(C)C)CCCN(C)C)cc1Cl. The summed E-state index contributed by atoms with van der Waals surface area (Å²) in [6, 6.07) is 5.96. The van der Waals surface area contributed by atoms with Gasteiger partial charge >= 0.3 is 0 Å². The van der Waals surface area contributed by atoms with E-state index < -0.39 is 0 Å². The van der Waals surface area contributed by atoms with Crippen LogP contribution in [-0.2, 0) is 0 Å². The van der Waals surface area contributed by atoms with Gasteiger partial charge in [0, 0.05) is 23.8 Å². The smallest absolute Gasteiger partial charge is 0.173 e. The molecule has 0 aliphatic carbocycles. The van der Waals surface area contributed by atoms with Crippen LogP contribution in [-0.4, -0.2) is 74.2 Å². The molecule has 0 aliphatic heterocycles. The Hall–Kier alpha value is -0.880. The molecular formula is C18H31ClN4S. The second-order valence-corrected chi connectivity index (χ2v) is 7.49. The van der Waals surface area contributed by atoms with Crippen molar-refractivity contribution in [2.24, 2.45) is 0 Å². The Balaban J connectivity index is 2.64. The summed E-state index contributed by atoms with van der Waals surface area (Å²) in [5.74, 6) is 0. The Bertz CT molecular complexity index is 506. The van der Waals surface area contributed by atoms with Gasteiger partial charge < -0.3 is 20.0 Å². The molecule has 0 heterocycles. The lowest BCUT2D eigenvalue weighted by Crippen LogP contribution is -2.38. The van der Waals surface area contributed by atoms with Crippen LogP contribution in [0.1, 0.15) is 18.4 Å². The number of thiocarbonyl (C=S) groups is 1. The third-order valence-electron chi connectivity index (χ3n) is 3.78. The van der Waals surface area contributed by atoms with Crippen LogP contribution in [0.5, 0.6) is 0 Å². The fourth-order valence-electron chi connectivity index (χ4n) is 2.34. The van der Waals surface area contributed by atoms with E-state index in [0.29, 0.717) is 0 Å². The Morgan fingerprint density at radius 3 is 2.00 bits per heavy atom. The van der Waals surface area contributed by atoms with Gasteiger partial charge in [0.05, 0.1) is 0 Å². The Kier molecular flexibility index (Phi) is 9.59. The lowest BCUT2D eigenvalue weighted by Gasteiger charge is -2.27. The first-order valence-corrected chi connectivity index (χ1v) is 9.19. The molecule has 0 saturated heterocycles. The molecule has 0 unspecified atom stereocenters. The van der Waals surface area contributed by atoms with Gasteiger partial charge in [0.25, 0.3) is 0 Å². The zero-order chi connectivity index (χ0) is 18.1. The summed E-state index contributed by atoms with van der Waals surface area (Å²) in [6.45, 7) is 6.03. The summed E-state index contributed by atoms with van der Waals surface area (Å²) in [5.41, 5.74) is 2.02. The van der Waals surface area contributed by atoms with Crippen LogP contribution < -0.4 is 5.32 Å². The second-order valence-electron chi connectivity index (χ2n) is 6.69. The number of anilines is 1. The van der Waals surface area contributed by atoms with E-state index in [2.05, 4.69) is 48.2 Å². The van der Waals surface area contributed by atoms with Gasteiger partial charge in [-0.1, -0.05) is 17.7 Å². The summed E-state index contributed by atoms with van der Waals surface area (Å²) in [5, 5.41) is 4.86. The topological polar surface area (TPSA) is 21.8 Å². The van der Waals surface area contributed by atoms with E-state index >= 15 is 0 Å². The van der Waals surface area contributed by atoms with Gasteiger partial charge in [-0.25, -0.2) is 0 Å². The van der Waals surface area contributed by atoms with E-state index in [9.17, 15) is 0 Å². The van der Waals surface area contributed by atoms with E-state index in [1.165, 1.54) is 0 Å². The summed E-state index contributed by atoms with van der Waals surface area (Å²) in [4.78, 5) is 6.67. The number of hydrogen-bond acceptors (Lipinski definition) is 3. The maximum absolute atomic E-state index is 6.21. The minimum atomic E-state index is 0.759. The van der Waals surface area contributed by atoms with Crippen molar-refractivity contribution in [1.82, 2.24) is 14.7 Å². The molecule has 1 rings (SSSR count). The molecule has 136 valence electrons. The summed E-state index contributed by atoms with van der Waals surface area (Å²) in [7, 11) is 8.39. The lowest BCUT2D eigenvalue weighted by atomic mass is 10.2. The minimum Gasteiger partial charge on any atom is -0.349 e. The normalized spacial score (nSPS) is 11.2. The van der Waals surface area contributed by atoms with Crippen LogP contribution >= 0.6 is 23.8 Å². The average molecular weight is 371 g/mol. The van der Waals surface area contributed by atoms with Gasteiger partial charge in [0.15, 0.2) is 5.11 Å². The third-order valence-corrected chi connectivity index (χ3v) is 4.54. The van der Waals surface area contributed by atoms with Gasteiger partial charge in [0.2, 0.25) is 0 Å². The highest BCUT2D eigenvalue weighted by atomic mass is 35.5. The van der Waals surface area contributed by atoms with Crippen molar-refractivity contribution in [2.45, 2.75) is 19.8 Å². The van der Waals surface area contributed by atoms with E-state index in [1.807, 2.05) is 25.1 Å². The maximum Gasteiger partial charge on any atom is 0.173 e. The molecule has 0 aromatic heterocycles. The van der Waals surface area contributed by atoms with Crippen LogP contribution in [0, 0.1) is 6.92 Å². The first kappa shape index (κ1) is 21.2. The molecule has 0 radical (unpaired) electrons. The van der Waals surface area contributed by atoms with Crippen LogP contribution in [0.3, 0.4) is 0 Å². The number of nitrogens with one attached hydrogen (secondary N) is 1. The summed E-state index contributed by atoms with van der Waals surface area (Å²) >= 11 is 11.8. The molecule has 0 atom stereocenters. The van der Waals surface area contributed by atoms with Crippen molar-refractivity contribution in [2.75, 3.05) is 59.7 Å². The van der Waals surface area contributed by atoms with E-state index in [0.717, 1.165) is 60.4 Å². The summed E-state index contributed by atoms with van der Waals surface area (Å²) in [6.07, 6.45) is 2.18. The highest BCUT2D eigenvalue weighted by molar-refractivity contribution is 7.80. The Morgan fingerprint density at radius 2 is 1.54 bits per heavy atom. The van der Waals surface area contributed by atoms with E-state index in [1.54, 1.807) is 0 Å². The third kappa shape index (κ3) is 8.29. The van der Waals surface area contributed by atoms with E-state index in [4.69, 9.17) is 23.8 Å². The zero-order valence-electron chi connectivity index (χ0n) is 15.6. The number of hydrogen-bond donors (Lipinski definition) is 1. The molecule has 1 aromatic carbocycles. The van der Waals surface area contributed by atoms with Crippen molar-refractivity contribution in [3.05, 3.63) is 28.8 Å². The number of rotatable bonds is 9. The van der Waals surface area contributed by atoms with Crippen molar-refractivity contribution in [3.63, 3.8) is 0 Å². The zero-order valence-corrected chi connectivity index (χ0v) is 17.2. The molecule has 0 amide bonds. The first-order valence-electron chi connectivity index (χ1n) is 8.41.